The Morgan fingerprint density at radius 1 is 1.29 bits per heavy atom. The van der Waals surface area contributed by atoms with Gasteiger partial charge in [-0.2, -0.15) is 0 Å². The second-order valence-electron chi connectivity index (χ2n) is 4.55. The minimum Gasteiger partial charge on any atom is -0.448 e. The monoisotopic (exact) mass is 290 g/mol. The summed E-state index contributed by atoms with van der Waals surface area (Å²) in [4.78, 5) is 23.8. The summed E-state index contributed by atoms with van der Waals surface area (Å²) in [6.45, 7) is 1.45. The van der Waals surface area contributed by atoms with Crippen LogP contribution in [0.1, 0.15) is 17.4 Å². The van der Waals surface area contributed by atoms with E-state index in [-0.39, 0.29) is 0 Å². The van der Waals surface area contributed by atoms with E-state index in [0.29, 0.717) is 11.4 Å². The highest BCUT2D eigenvalue weighted by molar-refractivity contribution is 5.96. The number of hydrogen-bond acceptors (Lipinski definition) is 3. The SMILES string of the molecule is C[C@@H](OC(=O)c1cccn1C)C(=O)Nc1cccc(F)c1. The largest absolute Gasteiger partial charge is 0.448 e. The Kier molecular flexibility index (Phi) is 4.37. The third-order valence-corrected chi connectivity index (χ3v) is 2.90. The van der Waals surface area contributed by atoms with Gasteiger partial charge in [0.05, 0.1) is 0 Å². The van der Waals surface area contributed by atoms with Crippen molar-refractivity contribution in [3.63, 3.8) is 0 Å². The first-order chi connectivity index (χ1) is 9.97. The van der Waals surface area contributed by atoms with Crippen LogP contribution in [0.15, 0.2) is 42.6 Å². The Balaban J connectivity index is 1.97. The summed E-state index contributed by atoms with van der Waals surface area (Å²) in [6.07, 6.45) is 0.712. The number of esters is 1. The van der Waals surface area contributed by atoms with Crippen LogP contribution in [0.4, 0.5) is 10.1 Å². The van der Waals surface area contributed by atoms with Crippen LogP contribution >= 0.6 is 0 Å². The van der Waals surface area contributed by atoms with Crippen LogP contribution in [-0.4, -0.2) is 22.5 Å². The number of anilines is 1. The minimum atomic E-state index is -0.990. The fraction of sp³-hybridized carbons (Fsp3) is 0.200. The lowest BCUT2D eigenvalue weighted by Gasteiger charge is -2.13. The molecule has 21 heavy (non-hydrogen) atoms. The molecule has 2 aromatic rings. The highest BCUT2D eigenvalue weighted by atomic mass is 19.1. The molecule has 6 heteroatoms. The Hall–Kier alpha value is -2.63. The standard InChI is InChI=1S/C15H15FN2O3/c1-10(21-15(20)13-7-4-8-18(13)2)14(19)17-12-6-3-5-11(16)9-12/h3-10H,1-2H3,(H,17,19)/t10-/m1/s1. The fourth-order valence-electron chi connectivity index (χ4n) is 1.76. The predicted molar refractivity (Wildman–Crippen MR) is 75.3 cm³/mol. The van der Waals surface area contributed by atoms with Gasteiger partial charge in [-0.25, -0.2) is 9.18 Å². The summed E-state index contributed by atoms with van der Waals surface area (Å²) >= 11 is 0. The van der Waals surface area contributed by atoms with Crippen molar-refractivity contribution in [2.45, 2.75) is 13.0 Å². The van der Waals surface area contributed by atoms with Gasteiger partial charge in [0.25, 0.3) is 5.91 Å². The number of benzene rings is 1. The number of nitrogens with one attached hydrogen (secondary N) is 1. The number of nitrogens with zero attached hydrogens (tertiary/aromatic N) is 1. The number of carbonyl (C=O) groups excluding carboxylic acids is 2. The molecule has 0 aliphatic carbocycles. The van der Waals surface area contributed by atoms with Gasteiger partial charge >= 0.3 is 5.97 Å². The lowest BCUT2D eigenvalue weighted by Crippen LogP contribution is -2.30. The molecule has 1 amide bonds. The summed E-state index contributed by atoms with van der Waals surface area (Å²) in [7, 11) is 1.70. The molecule has 0 unspecified atom stereocenters. The number of carbonyl (C=O) groups is 2. The van der Waals surface area contributed by atoms with Crippen LogP contribution in [0, 0.1) is 5.82 Å². The van der Waals surface area contributed by atoms with E-state index < -0.39 is 23.8 Å². The topological polar surface area (TPSA) is 60.3 Å². The van der Waals surface area contributed by atoms with E-state index in [9.17, 15) is 14.0 Å². The van der Waals surface area contributed by atoms with Gasteiger partial charge in [0.1, 0.15) is 11.5 Å². The van der Waals surface area contributed by atoms with E-state index in [4.69, 9.17) is 4.74 Å². The third-order valence-electron chi connectivity index (χ3n) is 2.90. The molecule has 0 saturated carbocycles. The van der Waals surface area contributed by atoms with Crippen LogP contribution in [-0.2, 0) is 16.6 Å². The summed E-state index contributed by atoms with van der Waals surface area (Å²) in [5, 5.41) is 2.48. The Morgan fingerprint density at radius 2 is 2.05 bits per heavy atom. The smallest absolute Gasteiger partial charge is 0.355 e. The van der Waals surface area contributed by atoms with Gasteiger partial charge in [-0.15, -0.1) is 0 Å². The molecule has 1 atom stereocenters. The molecule has 1 N–H and O–H groups in total. The van der Waals surface area contributed by atoms with Gasteiger partial charge in [0.2, 0.25) is 0 Å². The van der Waals surface area contributed by atoms with Crippen molar-refractivity contribution in [3.05, 3.63) is 54.1 Å². The van der Waals surface area contributed by atoms with E-state index in [1.165, 1.54) is 25.1 Å². The molecule has 0 saturated heterocycles. The normalized spacial score (nSPS) is 11.8. The number of aromatic nitrogens is 1. The molecule has 5 nitrogen and oxygen atoms in total. The molecule has 1 aromatic heterocycles. The quantitative estimate of drug-likeness (QED) is 0.879. The van der Waals surface area contributed by atoms with E-state index in [2.05, 4.69) is 5.32 Å². The fourth-order valence-corrected chi connectivity index (χ4v) is 1.76. The zero-order valence-electron chi connectivity index (χ0n) is 11.7. The molecule has 0 aliphatic rings. The molecule has 1 heterocycles. The molecule has 0 radical (unpaired) electrons. The van der Waals surface area contributed by atoms with Crippen molar-refractivity contribution >= 4 is 17.6 Å². The van der Waals surface area contributed by atoms with Crippen molar-refractivity contribution in [2.75, 3.05) is 5.32 Å². The van der Waals surface area contributed by atoms with Crippen LogP contribution in [0.3, 0.4) is 0 Å². The van der Waals surface area contributed by atoms with Gasteiger partial charge in [0, 0.05) is 18.9 Å². The maximum absolute atomic E-state index is 13.0. The zero-order chi connectivity index (χ0) is 15.4. The average molecular weight is 290 g/mol. The Morgan fingerprint density at radius 3 is 2.67 bits per heavy atom. The Bertz CT molecular complexity index is 666. The molecule has 0 bridgehead atoms. The molecular weight excluding hydrogens is 275 g/mol. The summed E-state index contributed by atoms with van der Waals surface area (Å²) < 4.78 is 19.7. The number of hydrogen-bond donors (Lipinski definition) is 1. The van der Waals surface area contributed by atoms with Gasteiger partial charge < -0.3 is 14.6 Å². The number of rotatable bonds is 4. The van der Waals surface area contributed by atoms with Crippen LogP contribution < -0.4 is 5.32 Å². The predicted octanol–water partition coefficient (Wildman–Crippen LogP) is 2.35. The third kappa shape index (κ3) is 3.68. The summed E-state index contributed by atoms with van der Waals surface area (Å²) in [5.74, 6) is -1.58. The first-order valence-corrected chi connectivity index (χ1v) is 6.36. The lowest BCUT2D eigenvalue weighted by molar-refractivity contribution is -0.123. The van der Waals surface area contributed by atoms with Gasteiger partial charge in [-0.3, -0.25) is 4.79 Å². The van der Waals surface area contributed by atoms with Crippen molar-refractivity contribution in [1.29, 1.82) is 0 Å². The minimum absolute atomic E-state index is 0.307. The van der Waals surface area contributed by atoms with Crippen LogP contribution in [0.25, 0.3) is 0 Å². The maximum Gasteiger partial charge on any atom is 0.355 e. The molecular formula is C15H15FN2O3. The molecule has 0 aliphatic heterocycles. The van der Waals surface area contributed by atoms with Crippen molar-refractivity contribution in [1.82, 2.24) is 4.57 Å². The number of aryl methyl sites for hydroxylation is 1. The molecule has 110 valence electrons. The second kappa shape index (κ2) is 6.21. The first-order valence-electron chi connectivity index (χ1n) is 6.36. The van der Waals surface area contributed by atoms with E-state index >= 15 is 0 Å². The summed E-state index contributed by atoms with van der Waals surface area (Å²) in [6, 6.07) is 8.78. The van der Waals surface area contributed by atoms with E-state index in [0.717, 1.165) is 0 Å². The van der Waals surface area contributed by atoms with Crippen molar-refractivity contribution in [2.24, 2.45) is 7.05 Å². The van der Waals surface area contributed by atoms with Gasteiger partial charge in [0.15, 0.2) is 6.10 Å². The van der Waals surface area contributed by atoms with Gasteiger partial charge in [-0.05, 0) is 37.3 Å². The molecule has 1 aromatic carbocycles. The molecule has 2 rings (SSSR count). The highest BCUT2D eigenvalue weighted by Crippen LogP contribution is 2.11. The van der Waals surface area contributed by atoms with E-state index in [1.807, 2.05) is 0 Å². The lowest BCUT2D eigenvalue weighted by atomic mass is 10.3. The van der Waals surface area contributed by atoms with Crippen LogP contribution in [0.2, 0.25) is 0 Å². The maximum atomic E-state index is 13.0. The molecule has 0 spiro atoms. The Labute approximate surface area is 121 Å². The van der Waals surface area contributed by atoms with Gasteiger partial charge in [-0.1, -0.05) is 6.07 Å². The molecule has 0 fully saturated rings. The second-order valence-corrected chi connectivity index (χ2v) is 4.55. The zero-order valence-corrected chi connectivity index (χ0v) is 11.7. The van der Waals surface area contributed by atoms with Crippen molar-refractivity contribution in [3.8, 4) is 0 Å². The van der Waals surface area contributed by atoms with Crippen molar-refractivity contribution < 1.29 is 18.7 Å². The van der Waals surface area contributed by atoms with Crippen LogP contribution in [0.5, 0.6) is 0 Å². The van der Waals surface area contributed by atoms with E-state index in [1.54, 1.807) is 36.0 Å². The average Bonchev–Trinajstić information content (AvgIpc) is 2.85. The first kappa shape index (κ1) is 14.8. The summed E-state index contributed by atoms with van der Waals surface area (Å²) in [5.41, 5.74) is 0.655. The number of ether oxygens (including phenoxy) is 1. The number of amides is 1. The highest BCUT2D eigenvalue weighted by Gasteiger charge is 2.20. The number of halogens is 1.